The molecule has 3 heterocycles. The molecule has 0 unspecified atom stereocenters. The minimum atomic E-state index is -0.800. The lowest BCUT2D eigenvalue weighted by Crippen LogP contribution is -2.56. The molecule has 2 fully saturated rings. The number of anilines is 1. The van der Waals surface area contributed by atoms with Gasteiger partial charge < -0.3 is 10.2 Å². The second-order valence-corrected chi connectivity index (χ2v) is 7.28. The van der Waals surface area contributed by atoms with Gasteiger partial charge in [0.1, 0.15) is 17.4 Å². The second-order valence-electron chi connectivity index (χ2n) is 7.28. The number of hydrogen-bond donors (Lipinski definition) is 2. The molecule has 0 radical (unpaired) electrons. The first kappa shape index (κ1) is 18.2. The van der Waals surface area contributed by atoms with Crippen LogP contribution >= 0.6 is 0 Å². The van der Waals surface area contributed by atoms with Gasteiger partial charge >= 0.3 is 6.03 Å². The van der Waals surface area contributed by atoms with Gasteiger partial charge in [-0.3, -0.25) is 10.1 Å². The van der Waals surface area contributed by atoms with E-state index in [2.05, 4.69) is 26.6 Å². The second kappa shape index (κ2) is 6.94. The quantitative estimate of drug-likeness (QED) is 0.807. The Morgan fingerprint density at radius 2 is 2.04 bits per heavy atom. The number of amides is 3. The average Bonchev–Trinajstić information content (AvgIpc) is 2.89. The van der Waals surface area contributed by atoms with Crippen molar-refractivity contribution < 1.29 is 9.59 Å². The molecular weight excluding hydrogens is 330 g/mol. The molecule has 0 bridgehead atoms. The van der Waals surface area contributed by atoms with Crippen molar-refractivity contribution >= 4 is 17.8 Å². The Labute approximate surface area is 153 Å². The van der Waals surface area contributed by atoms with Crippen molar-refractivity contribution in [3.05, 3.63) is 22.9 Å². The molecule has 7 nitrogen and oxygen atoms in total. The van der Waals surface area contributed by atoms with Gasteiger partial charge in [0, 0.05) is 18.8 Å². The SMILES string of the molecule is CCC[C@]1(C2CCN(c3nc(C)cc(C)c3C#N)CC2)NC(=O)NC1=O. The molecule has 1 atom stereocenters. The minimum absolute atomic E-state index is 0.0848. The van der Waals surface area contributed by atoms with Gasteiger partial charge in [0.15, 0.2) is 0 Å². The van der Waals surface area contributed by atoms with Gasteiger partial charge in [0.25, 0.3) is 5.91 Å². The summed E-state index contributed by atoms with van der Waals surface area (Å²) < 4.78 is 0. The van der Waals surface area contributed by atoms with Crippen LogP contribution in [0.25, 0.3) is 0 Å². The number of carbonyl (C=O) groups excluding carboxylic acids is 2. The molecule has 2 N–H and O–H groups in total. The van der Waals surface area contributed by atoms with Crippen LogP contribution in [0.15, 0.2) is 6.07 Å². The van der Waals surface area contributed by atoms with Crippen LogP contribution < -0.4 is 15.5 Å². The Morgan fingerprint density at radius 1 is 1.35 bits per heavy atom. The van der Waals surface area contributed by atoms with Gasteiger partial charge in [-0.25, -0.2) is 9.78 Å². The molecule has 0 saturated carbocycles. The van der Waals surface area contributed by atoms with E-state index in [0.717, 1.165) is 36.3 Å². The predicted molar refractivity (Wildman–Crippen MR) is 97.7 cm³/mol. The molecule has 1 aromatic heterocycles. The van der Waals surface area contributed by atoms with Gasteiger partial charge in [-0.1, -0.05) is 13.3 Å². The summed E-state index contributed by atoms with van der Waals surface area (Å²) in [5.41, 5.74) is 1.64. The highest BCUT2D eigenvalue weighted by molar-refractivity contribution is 6.07. The zero-order valence-electron chi connectivity index (χ0n) is 15.6. The lowest BCUT2D eigenvalue weighted by Gasteiger charge is -2.41. The van der Waals surface area contributed by atoms with Crippen molar-refractivity contribution in [1.29, 1.82) is 5.26 Å². The third kappa shape index (κ3) is 3.00. The molecular formula is C19H25N5O2. The van der Waals surface area contributed by atoms with Crippen LogP contribution in [0.4, 0.5) is 10.6 Å². The van der Waals surface area contributed by atoms with Crippen molar-refractivity contribution in [2.75, 3.05) is 18.0 Å². The molecule has 26 heavy (non-hydrogen) atoms. The summed E-state index contributed by atoms with van der Waals surface area (Å²) in [4.78, 5) is 30.9. The zero-order chi connectivity index (χ0) is 18.9. The maximum atomic E-state index is 12.5. The number of pyridine rings is 1. The first-order valence-electron chi connectivity index (χ1n) is 9.18. The number of nitrogens with zero attached hydrogens (tertiary/aromatic N) is 3. The average molecular weight is 355 g/mol. The number of rotatable bonds is 4. The Morgan fingerprint density at radius 3 is 2.58 bits per heavy atom. The summed E-state index contributed by atoms with van der Waals surface area (Å²) in [5.74, 6) is 0.611. The summed E-state index contributed by atoms with van der Waals surface area (Å²) in [6, 6.07) is 3.80. The number of imide groups is 1. The molecule has 2 saturated heterocycles. The van der Waals surface area contributed by atoms with E-state index in [1.165, 1.54) is 0 Å². The summed E-state index contributed by atoms with van der Waals surface area (Å²) >= 11 is 0. The van der Waals surface area contributed by atoms with Crippen LogP contribution in [0, 0.1) is 31.1 Å². The highest BCUT2D eigenvalue weighted by atomic mass is 16.2. The Kier molecular flexibility index (Phi) is 4.86. The lowest BCUT2D eigenvalue weighted by molar-refractivity contribution is -0.126. The van der Waals surface area contributed by atoms with Crippen LogP contribution in [0.2, 0.25) is 0 Å². The number of nitrogens with one attached hydrogen (secondary N) is 2. The maximum absolute atomic E-state index is 12.5. The van der Waals surface area contributed by atoms with E-state index in [1.54, 1.807) is 0 Å². The monoisotopic (exact) mass is 355 g/mol. The molecule has 138 valence electrons. The molecule has 2 aliphatic rings. The summed E-state index contributed by atoms with van der Waals surface area (Å²) in [6.45, 7) is 7.30. The van der Waals surface area contributed by atoms with Gasteiger partial charge in [-0.15, -0.1) is 0 Å². The Bertz CT molecular complexity index is 777. The van der Waals surface area contributed by atoms with Gasteiger partial charge in [0.05, 0.1) is 5.56 Å². The molecule has 7 heteroatoms. The fourth-order valence-electron chi connectivity index (χ4n) is 4.34. The number of piperidine rings is 1. The first-order chi connectivity index (χ1) is 12.4. The lowest BCUT2D eigenvalue weighted by atomic mass is 9.75. The molecule has 1 aromatic rings. The van der Waals surface area contributed by atoms with E-state index >= 15 is 0 Å². The van der Waals surface area contributed by atoms with E-state index in [-0.39, 0.29) is 11.8 Å². The summed E-state index contributed by atoms with van der Waals surface area (Å²) in [5, 5.41) is 14.8. The Balaban J connectivity index is 1.81. The maximum Gasteiger partial charge on any atom is 0.322 e. The predicted octanol–water partition coefficient (Wildman–Crippen LogP) is 2.16. The van der Waals surface area contributed by atoms with Crippen molar-refractivity contribution in [3.8, 4) is 6.07 Å². The highest BCUT2D eigenvalue weighted by Gasteiger charge is 2.51. The van der Waals surface area contributed by atoms with Crippen molar-refractivity contribution in [2.45, 2.75) is 52.0 Å². The van der Waals surface area contributed by atoms with E-state index in [9.17, 15) is 14.9 Å². The number of urea groups is 1. The topological polar surface area (TPSA) is 98.1 Å². The molecule has 3 amide bonds. The van der Waals surface area contributed by atoms with Crippen LogP contribution in [-0.2, 0) is 4.79 Å². The first-order valence-corrected chi connectivity index (χ1v) is 9.18. The van der Waals surface area contributed by atoms with Crippen molar-refractivity contribution in [1.82, 2.24) is 15.6 Å². The van der Waals surface area contributed by atoms with Crippen molar-refractivity contribution in [2.24, 2.45) is 5.92 Å². The highest BCUT2D eigenvalue weighted by Crippen LogP contribution is 2.36. The number of carbonyl (C=O) groups is 2. The van der Waals surface area contributed by atoms with E-state index in [1.807, 2.05) is 26.8 Å². The normalized spacial score (nSPS) is 23.5. The smallest absolute Gasteiger partial charge is 0.322 e. The van der Waals surface area contributed by atoms with Gasteiger partial charge in [-0.05, 0) is 50.7 Å². The molecule has 2 aliphatic heterocycles. The van der Waals surface area contributed by atoms with E-state index in [0.29, 0.717) is 25.1 Å². The van der Waals surface area contributed by atoms with Crippen LogP contribution in [0.1, 0.15) is 49.4 Å². The van der Waals surface area contributed by atoms with E-state index < -0.39 is 11.6 Å². The van der Waals surface area contributed by atoms with Crippen LogP contribution in [0.5, 0.6) is 0 Å². The third-order valence-electron chi connectivity index (χ3n) is 5.54. The van der Waals surface area contributed by atoms with Crippen LogP contribution in [-0.4, -0.2) is 35.6 Å². The molecule has 0 aromatic carbocycles. The Hall–Kier alpha value is -2.62. The summed E-state index contributed by atoms with van der Waals surface area (Å²) in [7, 11) is 0. The van der Waals surface area contributed by atoms with Gasteiger partial charge in [0.2, 0.25) is 0 Å². The van der Waals surface area contributed by atoms with Crippen LogP contribution in [0.3, 0.4) is 0 Å². The minimum Gasteiger partial charge on any atom is -0.355 e. The number of aryl methyl sites for hydroxylation is 2. The molecule has 0 spiro atoms. The number of hydrogen-bond acceptors (Lipinski definition) is 5. The number of aromatic nitrogens is 1. The number of nitriles is 1. The fraction of sp³-hybridized carbons (Fsp3) is 0.579. The molecule has 0 aliphatic carbocycles. The largest absolute Gasteiger partial charge is 0.355 e. The third-order valence-corrected chi connectivity index (χ3v) is 5.54. The van der Waals surface area contributed by atoms with Gasteiger partial charge in [-0.2, -0.15) is 5.26 Å². The zero-order valence-corrected chi connectivity index (χ0v) is 15.6. The summed E-state index contributed by atoms with van der Waals surface area (Å²) in [6.07, 6.45) is 3.01. The fourth-order valence-corrected chi connectivity index (χ4v) is 4.34. The van der Waals surface area contributed by atoms with Crippen molar-refractivity contribution in [3.63, 3.8) is 0 Å². The standard InChI is InChI=1S/C19H25N5O2/c1-4-7-19(17(25)22-18(26)23-19)14-5-8-24(9-6-14)16-15(11-20)12(2)10-13(3)21-16/h10,14H,4-9H2,1-3H3,(H2,22,23,25,26)/t19-/m1/s1. The van der Waals surface area contributed by atoms with E-state index in [4.69, 9.17) is 0 Å². The molecule has 3 rings (SSSR count).